The quantitative estimate of drug-likeness (QED) is 0.731. The Hall–Kier alpha value is -3.61. The first-order valence-electron chi connectivity index (χ1n) is 8.54. The number of hydrogen-bond donors (Lipinski definition) is 2. The number of rotatable bonds is 2. The second-order valence-corrected chi connectivity index (χ2v) is 6.04. The zero-order valence-electron chi connectivity index (χ0n) is 14.6. The highest BCUT2D eigenvalue weighted by Gasteiger charge is 2.29. The summed E-state index contributed by atoms with van der Waals surface area (Å²) in [7, 11) is 0. The van der Waals surface area contributed by atoms with E-state index >= 15 is 0 Å². The van der Waals surface area contributed by atoms with Gasteiger partial charge in [0.25, 0.3) is 0 Å². The number of aromatic hydroxyl groups is 1. The van der Waals surface area contributed by atoms with Crippen LogP contribution in [0.2, 0.25) is 0 Å². The molecule has 3 aromatic rings. The Kier molecular flexibility index (Phi) is 4.12. The number of aliphatic imine (C=N–C) groups is 1. The Morgan fingerprint density at radius 3 is 2.85 bits per heavy atom. The summed E-state index contributed by atoms with van der Waals surface area (Å²) < 4.78 is 6.66. The molecule has 7 nitrogen and oxygen atoms in total. The van der Waals surface area contributed by atoms with Crippen LogP contribution in [-0.4, -0.2) is 40.5 Å². The zero-order chi connectivity index (χ0) is 19.0. The molecule has 136 valence electrons. The number of para-hydroxylation sites is 1. The lowest BCUT2D eigenvalue weighted by Gasteiger charge is -2.12. The summed E-state index contributed by atoms with van der Waals surface area (Å²) in [6, 6.07) is 13.8. The van der Waals surface area contributed by atoms with Crippen LogP contribution in [0.4, 0.5) is 10.5 Å². The predicted octanol–water partition coefficient (Wildman–Crippen LogP) is 3.14. The van der Waals surface area contributed by atoms with Gasteiger partial charge in [-0.25, -0.2) is 9.36 Å². The Morgan fingerprint density at radius 2 is 2.07 bits per heavy atom. The van der Waals surface area contributed by atoms with Gasteiger partial charge in [-0.05, 0) is 25.1 Å². The largest absolute Gasteiger partial charge is 0.508 e. The second-order valence-electron chi connectivity index (χ2n) is 6.04. The molecule has 2 aromatic carbocycles. The Morgan fingerprint density at radius 1 is 1.26 bits per heavy atom. The normalized spacial score (nSPS) is 13.5. The van der Waals surface area contributed by atoms with Crippen LogP contribution in [0.3, 0.4) is 0 Å². The minimum atomic E-state index is -0.557. The van der Waals surface area contributed by atoms with Crippen LogP contribution in [0.1, 0.15) is 18.2 Å². The van der Waals surface area contributed by atoms with Gasteiger partial charge < -0.3 is 15.2 Å². The highest BCUT2D eigenvalue weighted by molar-refractivity contribution is 6.24. The molecular formula is C20H17N3O4. The van der Waals surface area contributed by atoms with Gasteiger partial charge in [0, 0.05) is 10.9 Å². The lowest BCUT2D eigenvalue weighted by molar-refractivity contribution is -0.114. The number of phenols is 1. The van der Waals surface area contributed by atoms with E-state index in [4.69, 9.17) is 4.74 Å². The summed E-state index contributed by atoms with van der Waals surface area (Å²) in [4.78, 5) is 29.4. The van der Waals surface area contributed by atoms with Crippen molar-refractivity contribution in [2.45, 2.75) is 6.92 Å². The summed E-state index contributed by atoms with van der Waals surface area (Å²) >= 11 is 0. The molecule has 1 aliphatic rings. The van der Waals surface area contributed by atoms with Gasteiger partial charge in [-0.1, -0.05) is 30.3 Å². The maximum atomic E-state index is 12.8. The number of carbonyl (C=O) groups excluding carboxylic acids is 2. The number of amides is 1. The lowest BCUT2D eigenvalue weighted by Crippen LogP contribution is -2.20. The number of benzene rings is 2. The van der Waals surface area contributed by atoms with Crippen LogP contribution in [0.5, 0.6) is 5.75 Å². The summed E-state index contributed by atoms with van der Waals surface area (Å²) in [5.41, 5.74) is 2.58. The van der Waals surface area contributed by atoms with Crippen molar-refractivity contribution in [3.63, 3.8) is 0 Å². The molecule has 27 heavy (non-hydrogen) atoms. The standard InChI is InChI=1S/C20H17N3O4/c1-2-27-20(26)23-15-9-4-3-8-14(15)18-19(23)17(21-11-16(25)22-18)12-6-5-7-13(24)10-12/h3-10,24H,2,11H2,1H3,(H,22,25). The van der Waals surface area contributed by atoms with Gasteiger partial charge in [0.1, 0.15) is 18.0 Å². The molecule has 0 bridgehead atoms. The Labute approximate surface area is 154 Å². The van der Waals surface area contributed by atoms with Crippen LogP contribution in [-0.2, 0) is 9.53 Å². The molecule has 0 aliphatic carbocycles. The van der Waals surface area contributed by atoms with Crippen molar-refractivity contribution in [1.29, 1.82) is 0 Å². The van der Waals surface area contributed by atoms with Gasteiger partial charge >= 0.3 is 6.09 Å². The molecule has 1 amide bonds. The average molecular weight is 363 g/mol. The van der Waals surface area contributed by atoms with E-state index in [1.165, 1.54) is 4.57 Å². The first-order chi connectivity index (χ1) is 13.1. The van der Waals surface area contributed by atoms with Crippen LogP contribution < -0.4 is 5.32 Å². The number of nitrogens with one attached hydrogen (secondary N) is 1. The van der Waals surface area contributed by atoms with Crippen molar-refractivity contribution >= 4 is 34.3 Å². The lowest BCUT2D eigenvalue weighted by atomic mass is 10.1. The molecule has 4 rings (SSSR count). The number of ether oxygens (including phenoxy) is 1. The van der Waals surface area contributed by atoms with Gasteiger partial charge in [0.05, 0.1) is 23.5 Å². The summed E-state index contributed by atoms with van der Waals surface area (Å²) in [6.45, 7) is 1.86. The van der Waals surface area contributed by atoms with Crippen molar-refractivity contribution in [2.75, 3.05) is 18.5 Å². The summed E-state index contributed by atoms with van der Waals surface area (Å²) in [5.74, 6) is -0.211. The number of nitrogens with zero attached hydrogens (tertiary/aromatic N) is 2. The average Bonchev–Trinajstić information content (AvgIpc) is 2.86. The number of aromatic nitrogens is 1. The molecule has 1 aliphatic heterocycles. The van der Waals surface area contributed by atoms with Gasteiger partial charge in [0.15, 0.2) is 0 Å². The van der Waals surface area contributed by atoms with E-state index in [0.29, 0.717) is 33.6 Å². The first-order valence-corrected chi connectivity index (χ1v) is 8.54. The maximum Gasteiger partial charge on any atom is 0.419 e. The van der Waals surface area contributed by atoms with Crippen LogP contribution in [0, 0.1) is 0 Å². The molecule has 0 saturated heterocycles. The Bertz CT molecular complexity index is 1100. The third-order valence-corrected chi connectivity index (χ3v) is 4.31. The minimum Gasteiger partial charge on any atom is -0.508 e. The van der Waals surface area contributed by atoms with Crippen molar-refractivity contribution in [3.05, 3.63) is 59.8 Å². The number of hydrogen-bond acceptors (Lipinski definition) is 5. The summed E-state index contributed by atoms with van der Waals surface area (Å²) in [6.07, 6.45) is -0.557. The van der Waals surface area contributed by atoms with E-state index in [-0.39, 0.29) is 24.8 Å². The minimum absolute atomic E-state index is 0.0686. The first kappa shape index (κ1) is 16.8. The number of carbonyl (C=O) groups is 2. The van der Waals surface area contributed by atoms with E-state index in [0.717, 1.165) is 0 Å². The van der Waals surface area contributed by atoms with Gasteiger partial charge in [0.2, 0.25) is 5.91 Å². The summed E-state index contributed by atoms with van der Waals surface area (Å²) in [5, 5.41) is 13.4. The van der Waals surface area contributed by atoms with E-state index in [9.17, 15) is 14.7 Å². The Balaban J connectivity index is 2.07. The fourth-order valence-corrected chi connectivity index (χ4v) is 3.25. The molecule has 0 atom stereocenters. The van der Waals surface area contributed by atoms with Gasteiger partial charge in [-0.15, -0.1) is 0 Å². The van der Waals surface area contributed by atoms with Crippen molar-refractivity contribution in [3.8, 4) is 5.75 Å². The van der Waals surface area contributed by atoms with Crippen LogP contribution in [0.25, 0.3) is 10.9 Å². The highest BCUT2D eigenvalue weighted by Crippen LogP contribution is 2.35. The SMILES string of the molecule is CCOC(=O)n1c2c(c3ccccc31)NC(=O)CN=C2c1cccc(O)c1. The molecule has 0 unspecified atom stereocenters. The topological polar surface area (TPSA) is 92.9 Å². The van der Waals surface area contributed by atoms with Crippen molar-refractivity contribution in [1.82, 2.24) is 4.57 Å². The molecular weight excluding hydrogens is 346 g/mol. The molecule has 0 fully saturated rings. The highest BCUT2D eigenvalue weighted by atomic mass is 16.5. The van der Waals surface area contributed by atoms with E-state index in [2.05, 4.69) is 10.3 Å². The van der Waals surface area contributed by atoms with Gasteiger partial charge in [-0.3, -0.25) is 9.79 Å². The number of anilines is 1. The van der Waals surface area contributed by atoms with Crippen LogP contribution in [0.15, 0.2) is 53.5 Å². The molecule has 0 saturated carbocycles. The molecule has 2 heterocycles. The number of fused-ring (bicyclic) bond motifs is 3. The number of phenolic OH excluding ortho intramolecular Hbond substituents is 1. The molecule has 0 spiro atoms. The monoisotopic (exact) mass is 363 g/mol. The smallest absolute Gasteiger partial charge is 0.419 e. The maximum absolute atomic E-state index is 12.8. The fraction of sp³-hybridized carbons (Fsp3) is 0.150. The van der Waals surface area contributed by atoms with Gasteiger partial charge in [-0.2, -0.15) is 0 Å². The molecule has 1 aromatic heterocycles. The predicted molar refractivity (Wildman–Crippen MR) is 102 cm³/mol. The second kappa shape index (κ2) is 6.60. The van der Waals surface area contributed by atoms with E-state index in [1.807, 2.05) is 18.2 Å². The third-order valence-electron chi connectivity index (χ3n) is 4.31. The molecule has 7 heteroatoms. The zero-order valence-corrected chi connectivity index (χ0v) is 14.6. The van der Waals surface area contributed by atoms with Crippen molar-refractivity contribution in [2.24, 2.45) is 4.99 Å². The third kappa shape index (κ3) is 2.83. The van der Waals surface area contributed by atoms with E-state index < -0.39 is 6.09 Å². The molecule has 0 radical (unpaired) electrons. The molecule has 2 N–H and O–H groups in total. The fourth-order valence-electron chi connectivity index (χ4n) is 3.25. The van der Waals surface area contributed by atoms with E-state index in [1.54, 1.807) is 37.3 Å². The van der Waals surface area contributed by atoms with Crippen molar-refractivity contribution < 1.29 is 19.4 Å². The van der Waals surface area contributed by atoms with Crippen LogP contribution >= 0.6 is 0 Å².